The maximum Gasteiger partial charge on any atom is 0.235 e. The third-order valence-corrected chi connectivity index (χ3v) is 4.50. The molecule has 0 unspecified atom stereocenters. The van der Waals surface area contributed by atoms with Crippen molar-refractivity contribution >= 4 is 22.5 Å². The summed E-state index contributed by atoms with van der Waals surface area (Å²) in [6, 6.07) is 15.7. The second kappa shape index (κ2) is 5.56. The molecule has 2 aromatic carbocycles. The van der Waals surface area contributed by atoms with Crippen molar-refractivity contribution < 1.29 is 4.79 Å². The zero-order chi connectivity index (χ0) is 15.8. The van der Waals surface area contributed by atoms with Gasteiger partial charge in [0.2, 0.25) is 5.91 Å². The number of nitrogens with two attached hydrogens (primary N) is 1. The normalized spacial score (nSPS) is 13.9. The molecule has 4 rings (SSSR count). The van der Waals surface area contributed by atoms with E-state index in [2.05, 4.69) is 5.32 Å². The van der Waals surface area contributed by atoms with Crippen LogP contribution in [0.2, 0.25) is 0 Å². The zero-order valence-electron chi connectivity index (χ0n) is 12.9. The molecule has 0 aliphatic carbocycles. The summed E-state index contributed by atoms with van der Waals surface area (Å²) in [5.41, 5.74) is 11.0. The lowest BCUT2D eigenvalue weighted by Gasteiger charge is -2.16. The highest BCUT2D eigenvalue weighted by molar-refractivity contribution is 5.98. The Kier molecular flexibility index (Phi) is 3.39. The first kappa shape index (κ1) is 14.0. The molecule has 1 aromatic heterocycles. The predicted octanol–water partition coefficient (Wildman–Crippen LogP) is 2.75. The van der Waals surface area contributed by atoms with Crippen molar-refractivity contribution in [2.24, 2.45) is 0 Å². The number of carbonyl (C=O) groups excluding carboxylic acids is 1. The van der Waals surface area contributed by atoms with Crippen LogP contribution in [0.4, 0.5) is 5.69 Å². The SMILES string of the molecule is Nc1ccc2c(c1)c1c(n2C(=O)Cc2ccccc2)CNCC1. The van der Waals surface area contributed by atoms with E-state index in [1.54, 1.807) is 0 Å². The van der Waals surface area contributed by atoms with Crippen LogP contribution >= 0.6 is 0 Å². The minimum atomic E-state index is 0.107. The van der Waals surface area contributed by atoms with E-state index in [-0.39, 0.29) is 5.91 Å². The second-order valence-corrected chi connectivity index (χ2v) is 6.02. The van der Waals surface area contributed by atoms with Crippen LogP contribution in [0, 0.1) is 0 Å². The zero-order valence-corrected chi connectivity index (χ0v) is 12.9. The van der Waals surface area contributed by atoms with Gasteiger partial charge in [-0.3, -0.25) is 9.36 Å². The van der Waals surface area contributed by atoms with Gasteiger partial charge in [-0.2, -0.15) is 0 Å². The van der Waals surface area contributed by atoms with Crippen molar-refractivity contribution in [1.82, 2.24) is 9.88 Å². The quantitative estimate of drug-likeness (QED) is 0.716. The third-order valence-electron chi connectivity index (χ3n) is 4.50. The van der Waals surface area contributed by atoms with Crippen LogP contribution in [0.25, 0.3) is 10.9 Å². The molecule has 0 fully saturated rings. The van der Waals surface area contributed by atoms with E-state index in [1.807, 2.05) is 53.1 Å². The van der Waals surface area contributed by atoms with Gasteiger partial charge < -0.3 is 11.1 Å². The van der Waals surface area contributed by atoms with E-state index < -0.39 is 0 Å². The van der Waals surface area contributed by atoms with Crippen LogP contribution in [0.5, 0.6) is 0 Å². The molecular weight excluding hydrogens is 286 g/mol. The Balaban J connectivity index is 1.84. The van der Waals surface area contributed by atoms with E-state index in [0.717, 1.165) is 47.4 Å². The van der Waals surface area contributed by atoms with E-state index in [0.29, 0.717) is 6.42 Å². The number of rotatable bonds is 2. The maximum atomic E-state index is 13.0. The van der Waals surface area contributed by atoms with Gasteiger partial charge in [-0.25, -0.2) is 0 Å². The molecule has 23 heavy (non-hydrogen) atoms. The van der Waals surface area contributed by atoms with Gasteiger partial charge >= 0.3 is 0 Å². The number of hydrogen-bond acceptors (Lipinski definition) is 3. The fourth-order valence-electron chi connectivity index (χ4n) is 3.45. The number of hydrogen-bond donors (Lipinski definition) is 2. The second-order valence-electron chi connectivity index (χ2n) is 6.02. The van der Waals surface area contributed by atoms with Crippen molar-refractivity contribution in [1.29, 1.82) is 0 Å². The topological polar surface area (TPSA) is 60.0 Å². The molecule has 1 aliphatic rings. The lowest BCUT2D eigenvalue weighted by atomic mass is 10.0. The van der Waals surface area contributed by atoms with E-state index in [1.165, 1.54) is 5.56 Å². The molecule has 3 aromatic rings. The van der Waals surface area contributed by atoms with Gasteiger partial charge in [0.05, 0.1) is 11.9 Å². The van der Waals surface area contributed by atoms with Gasteiger partial charge in [0.1, 0.15) is 0 Å². The molecule has 1 aliphatic heterocycles. The number of carbonyl (C=O) groups is 1. The molecule has 4 nitrogen and oxygen atoms in total. The van der Waals surface area contributed by atoms with Crippen molar-refractivity contribution in [3.8, 4) is 0 Å². The Morgan fingerprint density at radius 3 is 2.83 bits per heavy atom. The van der Waals surface area contributed by atoms with E-state index in [4.69, 9.17) is 5.73 Å². The van der Waals surface area contributed by atoms with Crippen LogP contribution in [0.3, 0.4) is 0 Å². The van der Waals surface area contributed by atoms with Gasteiger partial charge in [-0.15, -0.1) is 0 Å². The number of nitrogens with zero attached hydrogens (tertiary/aromatic N) is 1. The average molecular weight is 305 g/mol. The van der Waals surface area contributed by atoms with Crippen LogP contribution in [-0.2, 0) is 19.4 Å². The van der Waals surface area contributed by atoms with Crippen molar-refractivity contribution in [2.75, 3.05) is 12.3 Å². The highest BCUT2D eigenvalue weighted by atomic mass is 16.2. The molecular formula is C19H19N3O. The number of anilines is 1. The average Bonchev–Trinajstić information content (AvgIpc) is 2.90. The molecule has 0 spiro atoms. The largest absolute Gasteiger partial charge is 0.399 e. The summed E-state index contributed by atoms with van der Waals surface area (Å²) in [6.07, 6.45) is 1.34. The molecule has 116 valence electrons. The lowest BCUT2D eigenvalue weighted by Crippen LogP contribution is -2.27. The Morgan fingerprint density at radius 1 is 1.17 bits per heavy atom. The fraction of sp³-hybridized carbons (Fsp3) is 0.211. The van der Waals surface area contributed by atoms with Gasteiger partial charge in [-0.05, 0) is 42.3 Å². The van der Waals surface area contributed by atoms with Gasteiger partial charge in [-0.1, -0.05) is 30.3 Å². The Bertz CT molecular complexity index is 881. The number of nitrogen functional groups attached to an aromatic ring is 1. The van der Waals surface area contributed by atoms with Crippen LogP contribution in [0.1, 0.15) is 21.6 Å². The van der Waals surface area contributed by atoms with Gasteiger partial charge in [0.25, 0.3) is 0 Å². The minimum Gasteiger partial charge on any atom is -0.399 e. The molecule has 0 amide bonds. The first-order valence-electron chi connectivity index (χ1n) is 7.93. The monoisotopic (exact) mass is 305 g/mol. The molecule has 0 saturated carbocycles. The molecule has 3 N–H and O–H groups in total. The standard InChI is InChI=1S/C19H19N3O/c20-14-6-7-17-16(11-14)15-8-9-21-12-18(15)22(17)19(23)10-13-4-2-1-3-5-13/h1-7,11,21H,8-10,12,20H2. The van der Waals surface area contributed by atoms with Crippen molar-refractivity contribution in [3.63, 3.8) is 0 Å². The summed E-state index contributed by atoms with van der Waals surface area (Å²) in [7, 11) is 0. The molecule has 0 radical (unpaired) electrons. The lowest BCUT2D eigenvalue weighted by molar-refractivity contribution is 0.0915. The van der Waals surface area contributed by atoms with Gasteiger partial charge in [0, 0.05) is 23.3 Å². The number of aromatic nitrogens is 1. The number of fused-ring (bicyclic) bond motifs is 3. The Hall–Kier alpha value is -2.59. The van der Waals surface area contributed by atoms with Gasteiger partial charge in [0.15, 0.2) is 0 Å². The summed E-state index contributed by atoms with van der Waals surface area (Å²) in [4.78, 5) is 13.0. The number of nitrogens with one attached hydrogen (secondary N) is 1. The Labute approximate surface area is 134 Å². The Morgan fingerprint density at radius 2 is 2.00 bits per heavy atom. The van der Waals surface area contributed by atoms with E-state index in [9.17, 15) is 4.79 Å². The molecule has 4 heteroatoms. The van der Waals surface area contributed by atoms with Crippen LogP contribution in [0.15, 0.2) is 48.5 Å². The minimum absolute atomic E-state index is 0.107. The molecule has 0 bridgehead atoms. The van der Waals surface area contributed by atoms with Crippen molar-refractivity contribution in [2.45, 2.75) is 19.4 Å². The summed E-state index contributed by atoms with van der Waals surface area (Å²) in [5.74, 6) is 0.107. The summed E-state index contributed by atoms with van der Waals surface area (Å²) in [6.45, 7) is 1.66. The fourth-order valence-corrected chi connectivity index (χ4v) is 3.45. The summed E-state index contributed by atoms with van der Waals surface area (Å²) < 4.78 is 1.88. The molecule has 0 saturated heterocycles. The number of benzene rings is 2. The highest BCUT2D eigenvalue weighted by Gasteiger charge is 2.23. The molecule has 2 heterocycles. The molecule has 0 atom stereocenters. The van der Waals surface area contributed by atoms with Crippen LogP contribution in [-0.4, -0.2) is 17.0 Å². The van der Waals surface area contributed by atoms with Crippen molar-refractivity contribution in [3.05, 3.63) is 65.4 Å². The summed E-state index contributed by atoms with van der Waals surface area (Å²) >= 11 is 0. The highest BCUT2D eigenvalue weighted by Crippen LogP contribution is 2.30. The first-order valence-corrected chi connectivity index (χ1v) is 7.93. The maximum absolute atomic E-state index is 13.0. The van der Waals surface area contributed by atoms with Crippen LogP contribution < -0.4 is 11.1 Å². The third kappa shape index (κ3) is 2.41. The smallest absolute Gasteiger partial charge is 0.235 e. The summed E-state index contributed by atoms with van der Waals surface area (Å²) in [5, 5.41) is 4.49. The van der Waals surface area contributed by atoms with E-state index >= 15 is 0 Å². The predicted molar refractivity (Wildman–Crippen MR) is 92.5 cm³/mol. The first-order chi connectivity index (χ1) is 11.2.